The highest BCUT2D eigenvalue weighted by molar-refractivity contribution is 5.36. The molecule has 20 heavy (non-hydrogen) atoms. The number of nitrogens with one attached hydrogen (secondary N) is 1. The van der Waals surface area contributed by atoms with Crippen LogP contribution in [-0.4, -0.2) is 0 Å². The second-order valence-electron chi connectivity index (χ2n) is 5.66. The number of furan rings is 1. The average Bonchev–Trinajstić information content (AvgIpc) is 2.94. The van der Waals surface area contributed by atoms with Gasteiger partial charge in [0, 0.05) is 17.6 Å². The van der Waals surface area contributed by atoms with Crippen molar-refractivity contribution in [2.75, 3.05) is 0 Å². The third kappa shape index (κ3) is 2.27. The van der Waals surface area contributed by atoms with Crippen LogP contribution < -0.4 is 5.32 Å². The number of hydrogen-bond acceptors (Lipinski definition) is 2. The van der Waals surface area contributed by atoms with Crippen molar-refractivity contribution in [1.82, 2.24) is 5.32 Å². The Morgan fingerprint density at radius 1 is 1.35 bits per heavy atom. The fourth-order valence-electron chi connectivity index (χ4n) is 3.25. The van der Waals surface area contributed by atoms with Crippen LogP contribution in [0.4, 0.5) is 4.39 Å². The fourth-order valence-corrected chi connectivity index (χ4v) is 3.25. The van der Waals surface area contributed by atoms with Crippen LogP contribution in [0.15, 0.2) is 28.7 Å². The van der Waals surface area contributed by atoms with Gasteiger partial charge >= 0.3 is 0 Å². The molecule has 1 aliphatic carbocycles. The molecule has 2 atom stereocenters. The Morgan fingerprint density at radius 2 is 2.15 bits per heavy atom. The molecule has 0 amide bonds. The fraction of sp³-hybridized carbons (Fsp3) is 0.412. The van der Waals surface area contributed by atoms with Crippen molar-refractivity contribution in [3.05, 3.63) is 58.3 Å². The van der Waals surface area contributed by atoms with Crippen LogP contribution in [0.1, 0.15) is 53.6 Å². The lowest BCUT2D eigenvalue weighted by atomic mass is 10.0. The zero-order chi connectivity index (χ0) is 14.3. The van der Waals surface area contributed by atoms with Crippen molar-refractivity contribution < 1.29 is 8.81 Å². The second kappa shape index (κ2) is 5.06. The van der Waals surface area contributed by atoms with Gasteiger partial charge in [0.1, 0.15) is 17.3 Å². The van der Waals surface area contributed by atoms with E-state index in [4.69, 9.17) is 4.42 Å². The summed E-state index contributed by atoms with van der Waals surface area (Å²) in [5.74, 6) is 1.82. The van der Waals surface area contributed by atoms with Gasteiger partial charge in [0.2, 0.25) is 0 Å². The van der Waals surface area contributed by atoms with Crippen LogP contribution in [0.3, 0.4) is 0 Å². The highest BCUT2D eigenvalue weighted by atomic mass is 19.1. The van der Waals surface area contributed by atoms with E-state index in [1.807, 2.05) is 19.9 Å². The third-order valence-electron chi connectivity index (χ3n) is 4.21. The molecule has 3 rings (SSSR count). The minimum absolute atomic E-state index is 0.0743. The summed E-state index contributed by atoms with van der Waals surface area (Å²) in [5.41, 5.74) is 3.17. The molecule has 1 aromatic carbocycles. The molecule has 0 radical (unpaired) electrons. The summed E-state index contributed by atoms with van der Waals surface area (Å²) in [4.78, 5) is 0. The molecule has 0 bridgehead atoms. The molecule has 1 aromatic heterocycles. The van der Waals surface area contributed by atoms with Crippen molar-refractivity contribution >= 4 is 0 Å². The zero-order valence-corrected chi connectivity index (χ0v) is 12.2. The average molecular weight is 273 g/mol. The van der Waals surface area contributed by atoms with Gasteiger partial charge in [-0.1, -0.05) is 12.1 Å². The molecule has 1 aliphatic rings. The number of fused-ring (bicyclic) bond motifs is 1. The van der Waals surface area contributed by atoms with E-state index in [-0.39, 0.29) is 17.9 Å². The van der Waals surface area contributed by atoms with Crippen LogP contribution in [0.2, 0.25) is 0 Å². The molecule has 3 heteroatoms. The van der Waals surface area contributed by atoms with Gasteiger partial charge in [-0.25, -0.2) is 4.39 Å². The number of aryl methyl sites for hydroxylation is 2. The number of halogens is 1. The lowest BCUT2D eigenvalue weighted by molar-refractivity contribution is 0.450. The highest BCUT2D eigenvalue weighted by Crippen LogP contribution is 2.35. The van der Waals surface area contributed by atoms with Gasteiger partial charge in [-0.2, -0.15) is 0 Å². The van der Waals surface area contributed by atoms with Crippen LogP contribution in [0.5, 0.6) is 0 Å². The van der Waals surface area contributed by atoms with E-state index in [0.29, 0.717) is 0 Å². The first-order valence-electron chi connectivity index (χ1n) is 7.16. The van der Waals surface area contributed by atoms with Crippen molar-refractivity contribution in [2.24, 2.45) is 0 Å². The Bertz CT molecular complexity index is 632. The molecule has 2 unspecified atom stereocenters. The lowest BCUT2D eigenvalue weighted by Gasteiger charge is -2.20. The predicted molar refractivity (Wildman–Crippen MR) is 77.2 cm³/mol. The van der Waals surface area contributed by atoms with Crippen molar-refractivity contribution in [3.63, 3.8) is 0 Å². The van der Waals surface area contributed by atoms with Crippen molar-refractivity contribution in [1.29, 1.82) is 0 Å². The summed E-state index contributed by atoms with van der Waals surface area (Å²) in [6.07, 6.45) is 1.77. The molecular formula is C17H20FNO. The molecule has 106 valence electrons. The Kier molecular flexibility index (Phi) is 3.38. The Morgan fingerprint density at radius 3 is 2.85 bits per heavy atom. The molecule has 0 fully saturated rings. The van der Waals surface area contributed by atoms with E-state index in [0.717, 1.165) is 35.5 Å². The Hall–Kier alpha value is -1.61. The van der Waals surface area contributed by atoms with Crippen LogP contribution in [0, 0.1) is 19.7 Å². The molecule has 1 heterocycles. The SMILES string of the molecule is Cc1cc(C(C)NC2CCc3c(F)cccc32)c(C)o1. The molecule has 1 N–H and O–H groups in total. The van der Waals surface area contributed by atoms with E-state index >= 15 is 0 Å². The maximum atomic E-state index is 13.7. The topological polar surface area (TPSA) is 25.2 Å². The van der Waals surface area contributed by atoms with Gasteiger partial charge in [-0.05, 0) is 56.9 Å². The van der Waals surface area contributed by atoms with Gasteiger partial charge in [0.25, 0.3) is 0 Å². The first-order chi connectivity index (χ1) is 9.56. The van der Waals surface area contributed by atoms with Crippen LogP contribution >= 0.6 is 0 Å². The van der Waals surface area contributed by atoms with E-state index in [1.54, 1.807) is 12.1 Å². The van der Waals surface area contributed by atoms with E-state index < -0.39 is 0 Å². The normalized spacial score (nSPS) is 19.1. The van der Waals surface area contributed by atoms with Gasteiger partial charge in [-0.15, -0.1) is 0 Å². The number of benzene rings is 1. The smallest absolute Gasteiger partial charge is 0.126 e. The summed E-state index contributed by atoms with van der Waals surface area (Å²) in [5, 5.41) is 3.61. The molecule has 0 saturated heterocycles. The minimum atomic E-state index is -0.0743. The van der Waals surface area contributed by atoms with Gasteiger partial charge in [0.05, 0.1) is 0 Å². The van der Waals surface area contributed by atoms with E-state index in [1.165, 1.54) is 5.56 Å². The Labute approximate surface area is 119 Å². The first kappa shape index (κ1) is 13.4. The number of hydrogen-bond donors (Lipinski definition) is 1. The molecule has 2 nitrogen and oxygen atoms in total. The van der Waals surface area contributed by atoms with Gasteiger partial charge < -0.3 is 9.73 Å². The largest absolute Gasteiger partial charge is 0.466 e. The maximum Gasteiger partial charge on any atom is 0.126 e. The van der Waals surface area contributed by atoms with Crippen LogP contribution in [0.25, 0.3) is 0 Å². The predicted octanol–water partition coefficient (Wildman–Crippen LogP) is 4.37. The summed E-state index contributed by atoms with van der Waals surface area (Å²) in [6, 6.07) is 7.88. The molecule has 0 aliphatic heterocycles. The van der Waals surface area contributed by atoms with Crippen molar-refractivity contribution in [2.45, 2.75) is 45.7 Å². The standard InChI is InChI=1S/C17H20FNO/c1-10-9-15(12(3)20-10)11(2)19-17-8-7-13-14(17)5-4-6-16(13)18/h4-6,9,11,17,19H,7-8H2,1-3H3. The molecule has 0 saturated carbocycles. The van der Waals surface area contributed by atoms with E-state index in [9.17, 15) is 4.39 Å². The molecular weight excluding hydrogens is 253 g/mol. The molecule has 0 spiro atoms. The summed E-state index contributed by atoms with van der Waals surface area (Å²) in [6.45, 7) is 6.08. The number of rotatable bonds is 3. The summed E-state index contributed by atoms with van der Waals surface area (Å²) < 4.78 is 19.3. The third-order valence-corrected chi connectivity index (χ3v) is 4.21. The monoisotopic (exact) mass is 273 g/mol. The minimum Gasteiger partial charge on any atom is -0.466 e. The van der Waals surface area contributed by atoms with Gasteiger partial charge in [0.15, 0.2) is 0 Å². The lowest BCUT2D eigenvalue weighted by Crippen LogP contribution is -2.23. The van der Waals surface area contributed by atoms with Gasteiger partial charge in [-0.3, -0.25) is 0 Å². The Balaban J connectivity index is 1.81. The first-order valence-corrected chi connectivity index (χ1v) is 7.16. The summed E-state index contributed by atoms with van der Waals surface area (Å²) >= 11 is 0. The highest BCUT2D eigenvalue weighted by Gasteiger charge is 2.26. The quantitative estimate of drug-likeness (QED) is 0.898. The van der Waals surface area contributed by atoms with Crippen molar-refractivity contribution in [3.8, 4) is 0 Å². The van der Waals surface area contributed by atoms with E-state index in [2.05, 4.69) is 18.3 Å². The van der Waals surface area contributed by atoms with Crippen LogP contribution in [-0.2, 0) is 6.42 Å². The maximum absolute atomic E-state index is 13.7. The second-order valence-corrected chi connectivity index (χ2v) is 5.66. The zero-order valence-electron chi connectivity index (χ0n) is 12.2. The summed E-state index contributed by atoms with van der Waals surface area (Å²) in [7, 11) is 0. The molecule has 2 aromatic rings.